The quantitative estimate of drug-likeness (QED) is 0.445. The summed E-state index contributed by atoms with van der Waals surface area (Å²) in [7, 11) is 0. The summed E-state index contributed by atoms with van der Waals surface area (Å²) < 4.78 is 0. The van der Waals surface area contributed by atoms with Crippen molar-refractivity contribution in [3.63, 3.8) is 0 Å². The van der Waals surface area contributed by atoms with Crippen LogP contribution in [0.2, 0.25) is 0 Å². The molecular weight excluding hydrogens is 128 g/mol. The SMILES string of the molecule is CC(CO)CNCCCN. The van der Waals surface area contributed by atoms with Gasteiger partial charge in [-0.05, 0) is 32.0 Å². The van der Waals surface area contributed by atoms with Crippen LogP contribution in [0.15, 0.2) is 0 Å². The number of hydrogen-bond donors (Lipinski definition) is 3. The maximum Gasteiger partial charge on any atom is 0.0468 e. The number of rotatable bonds is 6. The van der Waals surface area contributed by atoms with Gasteiger partial charge in [-0.1, -0.05) is 6.92 Å². The molecule has 0 radical (unpaired) electrons. The average Bonchev–Trinajstić information content (AvgIpc) is 1.98. The Bertz CT molecular complexity index is 68.6. The normalized spacial score (nSPS) is 13.5. The average molecular weight is 146 g/mol. The van der Waals surface area contributed by atoms with E-state index in [1.165, 1.54) is 0 Å². The highest BCUT2D eigenvalue weighted by molar-refractivity contribution is 4.54. The van der Waals surface area contributed by atoms with E-state index in [-0.39, 0.29) is 6.61 Å². The fourth-order valence-electron chi connectivity index (χ4n) is 0.640. The van der Waals surface area contributed by atoms with Gasteiger partial charge in [-0.15, -0.1) is 0 Å². The Morgan fingerprint density at radius 2 is 2.30 bits per heavy atom. The summed E-state index contributed by atoms with van der Waals surface area (Å²) in [4.78, 5) is 0. The molecular formula is C7H18N2O. The van der Waals surface area contributed by atoms with Crippen LogP contribution in [0.4, 0.5) is 0 Å². The van der Waals surface area contributed by atoms with Gasteiger partial charge in [-0.25, -0.2) is 0 Å². The van der Waals surface area contributed by atoms with Gasteiger partial charge in [-0.3, -0.25) is 0 Å². The van der Waals surface area contributed by atoms with Crippen LogP contribution in [-0.4, -0.2) is 31.3 Å². The summed E-state index contributed by atoms with van der Waals surface area (Å²) in [6, 6.07) is 0. The molecule has 3 nitrogen and oxygen atoms in total. The predicted molar refractivity (Wildman–Crippen MR) is 42.8 cm³/mol. The number of nitrogens with one attached hydrogen (secondary N) is 1. The standard InChI is InChI=1S/C7H18N2O/c1-7(6-10)5-9-4-2-3-8/h7,9-10H,2-6,8H2,1H3. The Morgan fingerprint density at radius 3 is 2.80 bits per heavy atom. The maximum atomic E-state index is 8.63. The van der Waals surface area contributed by atoms with Crippen molar-refractivity contribution in [3.8, 4) is 0 Å². The zero-order chi connectivity index (χ0) is 7.82. The summed E-state index contributed by atoms with van der Waals surface area (Å²) >= 11 is 0. The highest BCUT2D eigenvalue weighted by atomic mass is 16.3. The first-order valence-electron chi connectivity index (χ1n) is 3.83. The van der Waals surface area contributed by atoms with Crippen molar-refractivity contribution in [2.75, 3.05) is 26.2 Å². The van der Waals surface area contributed by atoms with Crippen LogP contribution < -0.4 is 11.1 Å². The molecule has 0 heterocycles. The lowest BCUT2D eigenvalue weighted by atomic mass is 10.2. The van der Waals surface area contributed by atoms with Crippen molar-refractivity contribution >= 4 is 0 Å². The molecule has 0 aliphatic carbocycles. The summed E-state index contributed by atoms with van der Waals surface area (Å²) in [5.74, 6) is 0.359. The summed E-state index contributed by atoms with van der Waals surface area (Å²) in [6.45, 7) is 4.85. The highest BCUT2D eigenvalue weighted by Gasteiger charge is 1.96. The predicted octanol–water partition coefficient (Wildman–Crippen LogP) is -0.447. The minimum absolute atomic E-state index is 0.260. The van der Waals surface area contributed by atoms with Crippen LogP contribution in [0, 0.1) is 5.92 Å². The van der Waals surface area contributed by atoms with Crippen molar-refractivity contribution in [2.45, 2.75) is 13.3 Å². The number of aliphatic hydroxyl groups excluding tert-OH is 1. The molecule has 1 unspecified atom stereocenters. The van der Waals surface area contributed by atoms with Gasteiger partial charge in [0.2, 0.25) is 0 Å². The number of aliphatic hydroxyl groups is 1. The van der Waals surface area contributed by atoms with E-state index in [0.717, 1.165) is 26.1 Å². The smallest absolute Gasteiger partial charge is 0.0468 e. The number of hydrogen-bond acceptors (Lipinski definition) is 3. The lowest BCUT2D eigenvalue weighted by Gasteiger charge is -2.07. The van der Waals surface area contributed by atoms with Crippen LogP contribution in [0.25, 0.3) is 0 Å². The second-order valence-electron chi connectivity index (χ2n) is 2.63. The Hall–Kier alpha value is -0.120. The molecule has 1 atom stereocenters. The monoisotopic (exact) mass is 146 g/mol. The largest absolute Gasteiger partial charge is 0.396 e. The van der Waals surface area contributed by atoms with Gasteiger partial charge in [0, 0.05) is 6.61 Å². The van der Waals surface area contributed by atoms with Gasteiger partial charge in [0.1, 0.15) is 0 Å². The molecule has 0 aliphatic heterocycles. The molecule has 4 N–H and O–H groups in total. The molecule has 10 heavy (non-hydrogen) atoms. The molecule has 0 aromatic heterocycles. The van der Waals surface area contributed by atoms with Crippen molar-refractivity contribution in [1.82, 2.24) is 5.32 Å². The third-order valence-electron chi connectivity index (χ3n) is 1.36. The first-order valence-corrected chi connectivity index (χ1v) is 3.83. The van der Waals surface area contributed by atoms with Crippen molar-refractivity contribution in [1.29, 1.82) is 0 Å². The topological polar surface area (TPSA) is 58.3 Å². The van der Waals surface area contributed by atoms with Gasteiger partial charge in [0.25, 0.3) is 0 Å². The maximum absolute atomic E-state index is 8.63. The minimum atomic E-state index is 0.260. The first kappa shape index (κ1) is 9.88. The molecule has 0 fully saturated rings. The second kappa shape index (κ2) is 6.99. The third-order valence-corrected chi connectivity index (χ3v) is 1.36. The summed E-state index contributed by atoms with van der Waals surface area (Å²) in [5, 5.41) is 11.8. The third kappa shape index (κ3) is 6.01. The lowest BCUT2D eigenvalue weighted by Crippen LogP contribution is -2.25. The van der Waals surface area contributed by atoms with Crippen molar-refractivity contribution < 1.29 is 5.11 Å². The van der Waals surface area contributed by atoms with Gasteiger partial charge in [0.15, 0.2) is 0 Å². The first-order chi connectivity index (χ1) is 4.81. The van der Waals surface area contributed by atoms with Gasteiger partial charge >= 0.3 is 0 Å². The molecule has 0 saturated heterocycles. The molecule has 62 valence electrons. The van der Waals surface area contributed by atoms with Crippen LogP contribution in [0.5, 0.6) is 0 Å². The molecule has 0 aliphatic rings. The van der Waals surface area contributed by atoms with E-state index < -0.39 is 0 Å². The molecule has 0 rings (SSSR count). The summed E-state index contributed by atoms with van der Waals surface area (Å²) in [6.07, 6.45) is 1.01. The van der Waals surface area contributed by atoms with E-state index in [9.17, 15) is 0 Å². The van der Waals surface area contributed by atoms with Crippen LogP contribution >= 0.6 is 0 Å². The zero-order valence-electron chi connectivity index (χ0n) is 6.64. The van der Waals surface area contributed by atoms with Crippen molar-refractivity contribution in [3.05, 3.63) is 0 Å². The Kier molecular flexibility index (Phi) is 6.91. The van der Waals surface area contributed by atoms with Gasteiger partial charge in [0.05, 0.1) is 0 Å². The molecule has 0 spiro atoms. The van der Waals surface area contributed by atoms with E-state index in [2.05, 4.69) is 5.32 Å². The number of nitrogens with two attached hydrogens (primary N) is 1. The molecule has 0 amide bonds. The molecule has 0 aromatic rings. The van der Waals surface area contributed by atoms with E-state index in [1.54, 1.807) is 0 Å². The highest BCUT2D eigenvalue weighted by Crippen LogP contribution is 1.87. The minimum Gasteiger partial charge on any atom is -0.396 e. The fourth-order valence-corrected chi connectivity index (χ4v) is 0.640. The Morgan fingerprint density at radius 1 is 1.60 bits per heavy atom. The molecule has 0 aromatic carbocycles. The molecule has 0 bridgehead atoms. The van der Waals surface area contributed by atoms with E-state index in [4.69, 9.17) is 10.8 Å². The Labute approximate surface area is 62.6 Å². The van der Waals surface area contributed by atoms with Crippen LogP contribution in [0.1, 0.15) is 13.3 Å². The van der Waals surface area contributed by atoms with Crippen LogP contribution in [-0.2, 0) is 0 Å². The Balaban J connectivity index is 2.89. The lowest BCUT2D eigenvalue weighted by molar-refractivity contribution is 0.234. The molecule has 0 saturated carbocycles. The van der Waals surface area contributed by atoms with E-state index >= 15 is 0 Å². The zero-order valence-corrected chi connectivity index (χ0v) is 6.64. The summed E-state index contributed by atoms with van der Waals surface area (Å²) in [5.41, 5.74) is 5.29. The van der Waals surface area contributed by atoms with E-state index in [0.29, 0.717) is 5.92 Å². The van der Waals surface area contributed by atoms with Gasteiger partial charge in [-0.2, -0.15) is 0 Å². The van der Waals surface area contributed by atoms with Gasteiger partial charge < -0.3 is 16.2 Å². The second-order valence-corrected chi connectivity index (χ2v) is 2.63. The fraction of sp³-hybridized carbons (Fsp3) is 1.00. The van der Waals surface area contributed by atoms with Crippen LogP contribution in [0.3, 0.4) is 0 Å². The molecule has 3 heteroatoms. The van der Waals surface area contributed by atoms with Crippen molar-refractivity contribution in [2.24, 2.45) is 11.7 Å². The van der Waals surface area contributed by atoms with E-state index in [1.807, 2.05) is 6.92 Å².